The molecule has 0 radical (unpaired) electrons. The third kappa shape index (κ3) is 4.60. The van der Waals surface area contributed by atoms with Gasteiger partial charge in [-0.05, 0) is 56.2 Å². The Hall–Kier alpha value is -0.860. The number of benzene rings is 1. The van der Waals surface area contributed by atoms with Crippen LogP contribution >= 0.6 is 0 Å². The second-order valence-electron chi connectivity index (χ2n) is 5.77. The molecule has 2 unspecified atom stereocenters. The molecule has 0 saturated carbocycles. The Labute approximate surface area is 123 Å². The van der Waals surface area contributed by atoms with Gasteiger partial charge in [-0.2, -0.15) is 0 Å². The average molecular weight is 275 g/mol. The highest BCUT2D eigenvalue weighted by atomic mass is 16.5. The van der Waals surface area contributed by atoms with Crippen LogP contribution in [0.4, 0.5) is 0 Å². The Kier molecular flexibility index (Phi) is 6.55. The molecule has 1 aliphatic rings. The minimum atomic E-state index is 0.469. The van der Waals surface area contributed by atoms with E-state index in [9.17, 15) is 0 Å². The molecule has 2 nitrogen and oxygen atoms in total. The second kappa shape index (κ2) is 8.43. The molecule has 0 spiro atoms. The largest absolute Gasteiger partial charge is 0.378 e. The van der Waals surface area contributed by atoms with Gasteiger partial charge in [0.05, 0.1) is 6.10 Å². The van der Waals surface area contributed by atoms with Crippen molar-refractivity contribution in [2.75, 3.05) is 13.2 Å². The van der Waals surface area contributed by atoms with E-state index in [2.05, 4.69) is 43.4 Å². The lowest BCUT2D eigenvalue weighted by atomic mass is 9.96. The fourth-order valence-electron chi connectivity index (χ4n) is 3.01. The summed E-state index contributed by atoms with van der Waals surface area (Å²) in [7, 11) is 0. The number of aryl methyl sites for hydroxylation is 1. The number of ether oxygens (including phenoxy) is 1. The molecule has 1 fully saturated rings. The van der Waals surface area contributed by atoms with Gasteiger partial charge in [-0.15, -0.1) is 0 Å². The molecule has 1 heterocycles. The van der Waals surface area contributed by atoms with Crippen LogP contribution in [0.25, 0.3) is 0 Å². The zero-order valence-electron chi connectivity index (χ0n) is 13.0. The summed E-state index contributed by atoms with van der Waals surface area (Å²) in [5.74, 6) is 0. The van der Waals surface area contributed by atoms with Gasteiger partial charge in [0, 0.05) is 12.6 Å². The molecule has 20 heavy (non-hydrogen) atoms. The molecule has 0 aromatic heterocycles. The molecule has 0 aliphatic carbocycles. The number of hydrogen-bond acceptors (Lipinski definition) is 2. The van der Waals surface area contributed by atoms with E-state index in [1.165, 1.54) is 43.2 Å². The molecular formula is C18H29NO. The second-order valence-corrected chi connectivity index (χ2v) is 5.77. The normalized spacial score (nSPS) is 20.8. The Morgan fingerprint density at radius 2 is 2.00 bits per heavy atom. The Morgan fingerprint density at radius 3 is 2.60 bits per heavy atom. The molecular weight excluding hydrogens is 246 g/mol. The van der Waals surface area contributed by atoms with Crippen molar-refractivity contribution in [3.63, 3.8) is 0 Å². The highest BCUT2D eigenvalue weighted by Crippen LogP contribution is 2.24. The highest BCUT2D eigenvalue weighted by Gasteiger charge is 2.17. The van der Waals surface area contributed by atoms with Crippen LogP contribution in [0.5, 0.6) is 0 Å². The van der Waals surface area contributed by atoms with Crippen LogP contribution in [0.2, 0.25) is 0 Å². The Bertz CT molecular complexity index is 368. The van der Waals surface area contributed by atoms with E-state index in [4.69, 9.17) is 4.74 Å². The Morgan fingerprint density at radius 1 is 1.20 bits per heavy atom. The molecule has 1 N–H and O–H groups in total. The maximum absolute atomic E-state index is 5.85. The molecule has 1 aromatic carbocycles. The molecule has 112 valence electrons. The first-order valence-electron chi connectivity index (χ1n) is 8.27. The summed E-state index contributed by atoms with van der Waals surface area (Å²) in [4.78, 5) is 0. The summed E-state index contributed by atoms with van der Waals surface area (Å²) in [5.41, 5.74) is 2.83. The van der Waals surface area contributed by atoms with Crippen molar-refractivity contribution >= 4 is 0 Å². The van der Waals surface area contributed by atoms with Gasteiger partial charge in [0.25, 0.3) is 0 Å². The zero-order valence-corrected chi connectivity index (χ0v) is 13.0. The predicted octanol–water partition coefficient (Wildman–Crippen LogP) is 4.25. The first-order chi connectivity index (χ1) is 9.83. The fraction of sp³-hybridized carbons (Fsp3) is 0.667. The van der Waals surface area contributed by atoms with E-state index in [1.807, 2.05) is 0 Å². The highest BCUT2D eigenvalue weighted by molar-refractivity contribution is 5.25. The first kappa shape index (κ1) is 15.5. The van der Waals surface area contributed by atoms with Crippen LogP contribution in [-0.4, -0.2) is 19.3 Å². The summed E-state index contributed by atoms with van der Waals surface area (Å²) >= 11 is 0. The van der Waals surface area contributed by atoms with E-state index in [0.29, 0.717) is 12.1 Å². The van der Waals surface area contributed by atoms with Gasteiger partial charge in [0.15, 0.2) is 0 Å². The molecule has 2 atom stereocenters. The first-order valence-corrected chi connectivity index (χ1v) is 8.27. The minimum absolute atomic E-state index is 0.469. The van der Waals surface area contributed by atoms with E-state index >= 15 is 0 Å². The number of nitrogens with one attached hydrogen (secondary N) is 1. The quantitative estimate of drug-likeness (QED) is 0.803. The van der Waals surface area contributed by atoms with Gasteiger partial charge in [0.2, 0.25) is 0 Å². The lowest BCUT2D eigenvalue weighted by molar-refractivity contribution is 0.00856. The summed E-state index contributed by atoms with van der Waals surface area (Å²) in [6, 6.07) is 9.56. The molecule has 1 aliphatic heterocycles. The maximum Gasteiger partial charge on any atom is 0.0575 e. The number of rotatable bonds is 7. The third-order valence-corrected chi connectivity index (χ3v) is 4.29. The van der Waals surface area contributed by atoms with Gasteiger partial charge in [-0.1, -0.05) is 38.1 Å². The fourth-order valence-corrected chi connectivity index (χ4v) is 3.01. The van der Waals surface area contributed by atoms with Crippen molar-refractivity contribution in [2.24, 2.45) is 0 Å². The van der Waals surface area contributed by atoms with Crippen molar-refractivity contribution in [2.45, 2.75) is 64.5 Å². The van der Waals surface area contributed by atoms with Crippen LogP contribution in [0, 0.1) is 0 Å². The van der Waals surface area contributed by atoms with Gasteiger partial charge in [-0.25, -0.2) is 0 Å². The minimum Gasteiger partial charge on any atom is -0.378 e. The molecule has 0 amide bonds. The Balaban J connectivity index is 1.90. The van der Waals surface area contributed by atoms with Crippen LogP contribution in [0.1, 0.15) is 63.1 Å². The number of hydrogen-bond donors (Lipinski definition) is 1. The molecule has 1 saturated heterocycles. The third-order valence-electron chi connectivity index (χ3n) is 4.29. The maximum atomic E-state index is 5.85. The average Bonchev–Trinajstić information content (AvgIpc) is 2.52. The van der Waals surface area contributed by atoms with Crippen LogP contribution in [-0.2, 0) is 11.2 Å². The smallest absolute Gasteiger partial charge is 0.0575 e. The predicted molar refractivity (Wildman–Crippen MR) is 85.1 cm³/mol. The molecule has 2 heteroatoms. The lowest BCUT2D eigenvalue weighted by Crippen LogP contribution is -2.25. The monoisotopic (exact) mass is 275 g/mol. The van der Waals surface area contributed by atoms with E-state index in [0.717, 1.165) is 19.6 Å². The van der Waals surface area contributed by atoms with Gasteiger partial charge in [0.1, 0.15) is 0 Å². The molecule has 0 bridgehead atoms. The standard InChI is InChI=1S/C18H29NO/c1-3-15-8-10-16(11-9-15)18(19-4-2)13-12-17-7-5-6-14-20-17/h8-11,17-19H,3-7,12-14H2,1-2H3. The van der Waals surface area contributed by atoms with Crippen LogP contribution in [0.15, 0.2) is 24.3 Å². The SMILES string of the molecule is CCNC(CCC1CCCCO1)c1ccc(CC)cc1. The van der Waals surface area contributed by atoms with Crippen LogP contribution in [0.3, 0.4) is 0 Å². The van der Waals surface area contributed by atoms with Crippen molar-refractivity contribution in [1.82, 2.24) is 5.32 Å². The van der Waals surface area contributed by atoms with E-state index < -0.39 is 0 Å². The lowest BCUT2D eigenvalue weighted by Gasteiger charge is -2.25. The van der Waals surface area contributed by atoms with Crippen molar-refractivity contribution < 1.29 is 4.74 Å². The van der Waals surface area contributed by atoms with Gasteiger partial charge >= 0.3 is 0 Å². The summed E-state index contributed by atoms with van der Waals surface area (Å²) in [5, 5.41) is 3.62. The summed E-state index contributed by atoms with van der Waals surface area (Å²) in [6.45, 7) is 6.37. The summed E-state index contributed by atoms with van der Waals surface area (Å²) < 4.78 is 5.85. The van der Waals surface area contributed by atoms with Crippen LogP contribution < -0.4 is 5.32 Å². The molecule has 2 rings (SSSR count). The summed E-state index contributed by atoms with van der Waals surface area (Å²) in [6.07, 6.45) is 7.76. The zero-order chi connectivity index (χ0) is 14.2. The van der Waals surface area contributed by atoms with E-state index in [-0.39, 0.29) is 0 Å². The van der Waals surface area contributed by atoms with Crippen molar-refractivity contribution in [3.8, 4) is 0 Å². The molecule has 1 aromatic rings. The van der Waals surface area contributed by atoms with Gasteiger partial charge in [-0.3, -0.25) is 0 Å². The van der Waals surface area contributed by atoms with Crippen molar-refractivity contribution in [3.05, 3.63) is 35.4 Å². The van der Waals surface area contributed by atoms with Crippen molar-refractivity contribution in [1.29, 1.82) is 0 Å². The topological polar surface area (TPSA) is 21.3 Å². The van der Waals surface area contributed by atoms with E-state index in [1.54, 1.807) is 0 Å². The van der Waals surface area contributed by atoms with Gasteiger partial charge < -0.3 is 10.1 Å².